The van der Waals surface area contributed by atoms with Crippen LogP contribution in [0.25, 0.3) is 11.4 Å². The number of benzene rings is 2. The Hall–Kier alpha value is -2.97. The van der Waals surface area contributed by atoms with Crippen molar-refractivity contribution in [3.8, 4) is 17.1 Å². The van der Waals surface area contributed by atoms with Gasteiger partial charge in [-0.3, -0.25) is 9.69 Å². The normalized spacial score (nSPS) is 16.5. The van der Waals surface area contributed by atoms with E-state index in [2.05, 4.69) is 42.9 Å². The molecule has 0 spiro atoms. The van der Waals surface area contributed by atoms with Crippen LogP contribution in [0.1, 0.15) is 18.7 Å². The number of piperidine rings is 1. The predicted octanol–water partition coefficient (Wildman–Crippen LogP) is 4.91. The number of anilines is 1. The van der Waals surface area contributed by atoms with Crippen molar-refractivity contribution in [2.45, 2.75) is 19.4 Å². The highest BCUT2D eigenvalue weighted by molar-refractivity contribution is 9.10. The first kappa shape index (κ1) is 22.2. The van der Waals surface area contributed by atoms with E-state index in [0.29, 0.717) is 37.2 Å². The summed E-state index contributed by atoms with van der Waals surface area (Å²) in [7, 11) is 0. The first-order valence-corrected chi connectivity index (χ1v) is 11.4. The lowest BCUT2D eigenvalue weighted by molar-refractivity contribution is -0.121. The number of aromatic nitrogens is 2. The van der Waals surface area contributed by atoms with Crippen LogP contribution in [0, 0.1) is 5.92 Å². The Morgan fingerprint density at radius 3 is 2.97 bits per heavy atom. The Labute approximate surface area is 195 Å². The Morgan fingerprint density at radius 1 is 1.31 bits per heavy atom. The summed E-state index contributed by atoms with van der Waals surface area (Å²) in [5.41, 5.74) is 1.63. The molecule has 0 saturated carbocycles. The van der Waals surface area contributed by atoms with Crippen molar-refractivity contribution in [1.82, 2.24) is 15.0 Å². The molecule has 1 aliphatic heterocycles. The molecule has 166 valence electrons. The number of hydrogen-bond donors (Lipinski definition) is 1. The molecule has 1 saturated heterocycles. The van der Waals surface area contributed by atoms with E-state index >= 15 is 0 Å². The van der Waals surface area contributed by atoms with Crippen molar-refractivity contribution < 1.29 is 14.1 Å². The Kier molecular flexibility index (Phi) is 7.34. The molecule has 1 fully saturated rings. The third kappa shape index (κ3) is 5.83. The summed E-state index contributed by atoms with van der Waals surface area (Å²) < 4.78 is 12.0. The van der Waals surface area contributed by atoms with E-state index in [0.717, 1.165) is 35.1 Å². The average Bonchev–Trinajstić information content (AvgIpc) is 3.27. The van der Waals surface area contributed by atoms with Gasteiger partial charge in [0.2, 0.25) is 17.6 Å². The van der Waals surface area contributed by atoms with Gasteiger partial charge in [-0.2, -0.15) is 4.98 Å². The molecule has 1 amide bonds. The van der Waals surface area contributed by atoms with E-state index in [-0.39, 0.29) is 11.8 Å². The van der Waals surface area contributed by atoms with Gasteiger partial charge < -0.3 is 14.6 Å². The Bertz CT molecular complexity index is 1070. The molecule has 0 bridgehead atoms. The fraction of sp³-hybridized carbons (Fsp3) is 0.292. The van der Waals surface area contributed by atoms with Gasteiger partial charge in [0.15, 0.2) is 0 Å². The van der Waals surface area contributed by atoms with E-state index in [1.807, 2.05) is 48.5 Å². The average molecular weight is 497 g/mol. The summed E-state index contributed by atoms with van der Waals surface area (Å²) in [6.45, 7) is 6.14. The maximum absolute atomic E-state index is 12.9. The summed E-state index contributed by atoms with van der Waals surface area (Å²) >= 11 is 3.43. The molecule has 2 heterocycles. The van der Waals surface area contributed by atoms with Crippen molar-refractivity contribution in [2.24, 2.45) is 5.92 Å². The van der Waals surface area contributed by atoms with Gasteiger partial charge in [0, 0.05) is 28.3 Å². The molecule has 8 heteroatoms. The van der Waals surface area contributed by atoms with Gasteiger partial charge >= 0.3 is 0 Å². The number of ether oxygens (including phenoxy) is 1. The first-order chi connectivity index (χ1) is 15.6. The van der Waals surface area contributed by atoms with Crippen LogP contribution < -0.4 is 10.1 Å². The number of likely N-dealkylation sites (tertiary alicyclic amines) is 1. The van der Waals surface area contributed by atoms with Gasteiger partial charge in [0.05, 0.1) is 12.5 Å². The molecule has 1 unspecified atom stereocenters. The van der Waals surface area contributed by atoms with Gasteiger partial charge in [-0.05, 0) is 55.8 Å². The van der Waals surface area contributed by atoms with Crippen LogP contribution in [-0.4, -0.2) is 40.6 Å². The standard InChI is InChI=1S/C24H25BrN4O3/c1-2-13-31-21-7-3-6-20(14-21)26-24(30)18-5-4-12-29(15-18)16-22-27-23(28-32-22)17-8-10-19(25)11-9-17/h2-3,6-11,14,18H,1,4-5,12-13,15-16H2,(H,26,30). The first-order valence-electron chi connectivity index (χ1n) is 10.6. The predicted molar refractivity (Wildman–Crippen MR) is 126 cm³/mol. The lowest BCUT2D eigenvalue weighted by Gasteiger charge is -2.30. The second kappa shape index (κ2) is 10.6. The number of amides is 1. The minimum absolute atomic E-state index is 0.0108. The van der Waals surface area contributed by atoms with E-state index < -0.39 is 0 Å². The fourth-order valence-corrected chi connectivity index (χ4v) is 3.97. The molecule has 2 aromatic carbocycles. The molecular weight excluding hydrogens is 472 g/mol. The van der Waals surface area contributed by atoms with Gasteiger partial charge in [-0.1, -0.05) is 39.8 Å². The number of rotatable bonds is 8. The lowest BCUT2D eigenvalue weighted by Crippen LogP contribution is -2.40. The monoisotopic (exact) mass is 496 g/mol. The third-order valence-electron chi connectivity index (χ3n) is 5.28. The van der Waals surface area contributed by atoms with Gasteiger partial charge in [0.1, 0.15) is 12.4 Å². The zero-order chi connectivity index (χ0) is 22.3. The highest BCUT2D eigenvalue weighted by atomic mass is 79.9. The van der Waals surface area contributed by atoms with Crippen LogP contribution in [0.2, 0.25) is 0 Å². The molecule has 1 aromatic heterocycles. The molecule has 32 heavy (non-hydrogen) atoms. The SMILES string of the molecule is C=CCOc1cccc(NC(=O)C2CCCN(Cc3nc(-c4ccc(Br)cc4)no3)C2)c1. The molecule has 0 aliphatic carbocycles. The Morgan fingerprint density at radius 2 is 2.16 bits per heavy atom. The van der Waals surface area contributed by atoms with Crippen LogP contribution in [0.5, 0.6) is 5.75 Å². The van der Waals surface area contributed by atoms with E-state index in [9.17, 15) is 4.79 Å². The van der Waals surface area contributed by atoms with E-state index in [1.54, 1.807) is 6.08 Å². The van der Waals surface area contributed by atoms with Crippen LogP contribution in [0.4, 0.5) is 5.69 Å². The van der Waals surface area contributed by atoms with Gasteiger partial charge in [-0.25, -0.2) is 0 Å². The van der Waals surface area contributed by atoms with Crippen molar-refractivity contribution in [2.75, 3.05) is 25.0 Å². The molecule has 3 aromatic rings. The number of carbonyl (C=O) groups excluding carboxylic acids is 1. The zero-order valence-corrected chi connectivity index (χ0v) is 19.3. The molecule has 1 N–H and O–H groups in total. The second-order valence-corrected chi connectivity index (χ2v) is 8.63. The zero-order valence-electron chi connectivity index (χ0n) is 17.7. The quantitative estimate of drug-likeness (QED) is 0.446. The molecule has 7 nitrogen and oxygen atoms in total. The number of nitrogens with one attached hydrogen (secondary N) is 1. The molecule has 1 aliphatic rings. The topological polar surface area (TPSA) is 80.5 Å². The number of carbonyl (C=O) groups is 1. The fourth-order valence-electron chi connectivity index (χ4n) is 3.70. The lowest BCUT2D eigenvalue weighted by atomic mass is 9.97. The minimum atomic E-state index is -0.102. The highest BCUT2D eigenvalue weighted by Crippen LogP contribution is 2.23. The largest absolute Gasteiger partial charge is 0.489 e. The summed E-state index contributed by atoms with van der Waals surface area (Å²) in [5.74, 6) is 1.73. The van der Waals surface area contributed by atoms with Crippen molar-refractivity contribution >= 4 is 27.5 Å². The van der Waals surface area contributed by atoms with Crippen LogP contribution in [0.15, 0.2) is 70.2 Å². The Balaban J connectivity index is 1.34. The van der Waals surface area contributed by atoms with Crippen LogP contribution in [0.3, 0.4) is 0 Å². The van der Waals surface area contributed by atoms with Crippen LogP contribution >= 0.6 is 15.9 Å². The second-order valence-electron chi connectivity index (χ2n) is 7.71. The van der Waals surface area contributed by atoms with Gasteiger partial charge in [0.25, 0.3) is 0 Å². The molecule has 1 atom stereocenters. The molecule has 4 rings (SSSR count). The van der Waals surface area contributed by atoms with Crippen molar-refractivity contribution in [3.63, 3.8) is 0 Å². The summed E-state index contributed by atoms with van der Waals surface area (Å²) in [4.78, 5) is 19.6. The summed E-state index contributed by atoms with van der Waals surface area (Å²) in [5, 5.41) is 7.11. The van der Waals surface area contributed by atoms with Crippen molar-refractivity contribution in [1.29, 1.82) is 0 Å². The smallest absolute Gasteiger partial charge is 0.241 e. The number of nitrogens with zero attached hydrogens (tertiary/aromatic N) is 3. The summed E-state index contributed by atoms with van der Waals surface area (Å²) in [6, 6.07) is 15.2. The maximum Gasteiger partial charge on any atom is 0.241 e. The minimum Gasteiger partial charge on any atom is -0.489 e. The molecule has 0 radical (unpaired) electrons. The maximum atomic E-state index is 12.9. The van der Waals surface area contributed by atoms with E-state index in [4.69, 9.17) is 9.26 Å². The van der Waals surface area contributed by atoms with Crippen molar-refractivity contribution in [3.05, 3.63) is 71.5 Å². The summed E-state index contributed by atoms with van der Waals surface area (Å²) in [6.07, 6.45) is 3.48. The third-order valence-corrected chi connectivity index (χ3v) is 5.80. The molecular formula is C24H25BrN4O3. The number of hydrogen-bond acceptors (Lipinski definition) is 6. The van der Waals surface area contributed by atoms with Gasteiger partial charge in [-0.15, -0.1) is 0 Å². The van der Waals surface area contributed by atoms with Crippen LogP contribution in [-0.2, 0) is 11.3 Å². The highest BCUT2D eigenvalue weighted by Gasteiger charge is 2.27. The van der Waals surface area contributed by atoms with E-state index in [1.165, 1.54) is 0 Å². The number of halogens is 1.